The molecule has 0 aliphatic heterocycles. The molecule has 0 saturated heterocycles. The lowest BCUT2D eigenvalue weighted by molar-refractivity contribution is 0.0953. The van der Waals surface area contributed by atoms with Crippen LogP contribution in [-0.4, -0.2) is 44.2 Å². The van der Waals surface area contributed by atoms with Gasteiger partial charge in [-0.2, -0.15) is 0 Å². The van der Waals surface area contributed by atoms with Crippen molar-refractivity contribution in [3.05, 3.63) is 66.0 Å². The summed E-state index contributed by atoms with van der Waals surface area (Å²) in [7, 11) is 0. The maximum atomic E-state index is 12.7. The van der Waals surface area contributed by atoms with Gasteiger partial charge in [-0.3, -0.25) is 9.78 Å². The smallest absolute Gasteiger partial charge is 0.251 e. The van der Waals surface area contributed by atoms with Gasteiger partial charge in [-0.1, -0.05) is 0 Å². The first-order chi connectivity index (χ1) is 15.2. The van der Waals surface area contributed by atoms with Crippen LogP contribution in [0.5, 0.6) is 5.75 Å². The van der Waals surface area contributed by atoms with Gasteiger partial charge in [0.05, 0.1) is 17.8 Å². The summed E-state index contributed by atoms with van der Waals surface area (Å²) < 4.78 is 5.86. The number of carbonyl (C=O) groups is 1. The molecular weight excluding hydrogens is 392 g/mol. The van der Waals surface area contributed by atoms with Crippen LogP contribution in [0.2, 0.25) is 0 Å². The Morgan fingerprint density at radius 3 is 2.90 bits per heavy atom. The zero-order chi connectivity index (χ0) is 21.6. The number of rotatable bonds is 8. The van der Waals surface area contributed by atoms with Gasteiger partial charge in [-0.05, 0) is 50.6 Å². The third-order valence-corrected chi connectivity index (χ3v) is 4.96. The molecule has 0 aliphatic rings. The Kier molecular flexibility index (Phi) is 6.16. The van der Waals surface area contributed by atoms with Crippen LogP contribution in [0.25, 0.3) is 22.2 Å². The highest BCUT2D eigenvalue weighted by Crippen LogP contribution is 2.31. The normalized spacial score (nSPS) is 10.9. The van der Waals surface area contributed by atoms with E-state index in [1.807, 2.05) is 38.1 Å². The first-order valence-electron chi connectivity index (χ1n) is 10.3. The molecule has 0 bridgehead atoms. The molecule has 0 spiro atoms. The number of hydrogen-bond acceptors (Lipinski definition) is 6. The van der Waals surface area contributed by atoms with Gasteiger partial charge in [-0.25, -0.2) is 4.98 Å². The van der Waals surface area contributed by atoms with Crippen molar-refractivity contribution in [2.75, 3.05) is 13.2 Å². The molecule has 3 heterocycles. The second-order valence-corrected chi connectivity index (χ2v) is 7.10. The Morgan fingerprint density at radius 2 is 2.13 bits per heavy atom. The summed E-state index contributed by atoms with van der Waals surface area (Å²) in [6.07, 6.45) is 4.80. The predicted octanol–water partition coefficient (Wildman–Crippen LogP) is 3.48. The first-order valence-corrected chi connectivity index (χ1v) is 10.3. The van der Waals surface area contributed by atoms with Crippen molar-refractivity contribution >= 4 is 16.8 Å². The van der Waals surface area contributed by atoms with E-state index in [1.165, 1.54) is 0 Å². The van der Waals surface area contributed by atoms with E-state index in [0.717, 1.165) is 46.8 Å². The molecule has 4 aromatic rings. The minimum atomic E-state index is -0.137. The average molecular weight is 416 g/mol. The molecule has 0 atom stereocenters. The summed E-state index contributed by atoms with van der Waals surface area (Å²) >= 11 is 0. The monoisotopic (exact) mass is 416 g/mol. The molecule has 0 unspecified atom stereocenters. The summed E-state index contributed by atoms with van der Waals surface area (Å²) in [5.74, 6) is 1.41. The number of amides is 1. The zero-order valence-corrected chi connectivity index (χ0v) is 17.6. The van der Waals surface area contributed by atoms with Gasteiger partial charge in [0.15, 0.2) is 0 Å². The number of carbonyl (C=O) groups excluding carboxylic acids is 1. The van der Waals surface area contributed by atoms with Crippen molar-refractivity contribution in [1.82, 2.24) is 30.5 Å². The van der Waals surface area contributed by atoms with Crippen LogP contribution in [0.15, 0.2) is 48.9 Å². The van der Waals surface area contributed by atoms with Gasteiger partial charge in [-0.15, -0.1) is 10.2 Å². The van der Waals surface area contributed by atoms with Crippen molar-refractivity contribution in [2.45, 2.75) is 26.7 Å². The largest absolute Gasteiger partial charge is 0.493 e. The van der Waals surface area contributed by atoms with E-state index in [2.05, 4.69) is 25.5 Å². The highest BCUT2D eigenvalue weighted by atomic mass is 16.5. The van der Waals surface area contributed by atoms with Gasteiger partial charge in [0, 0.05) is 47.4 Å². The van der Waals surface area contributed by atoms with E-state index in [0.29, 0.717) is 24.2 Å². The summed E-state index contributed by atoms with van der Waals surface area (Å²) in [5.41, 5.74) is 3.86. The van der Waals surface area contributed by atoms with E-state index < -0.39 is 0 Å². The number of hydrogen-bond donors (Lipinski definition) is 2. The fourth-order valence-corrected chi connectivity index (χ4v) is 3.42. The highest BCUT2D eigenvalue weighted by molar-refractivity contribution is 5.99. The summed E-state index contributed by atoms with van der Waals surface area (Å²) in [6.45, 7) is 4.98. The summed E-state index contributed by atoms with van der Waals surface area (Å²) in [4.78, 5) is 24.8. The molecule has 31 heavy (non-hydrogen) atoms. The van der Waals surface area contributed by atoms with Crippen LogP contribution >= 0.6 is 0 Å². The number of fused-ring (bicyclic) bond motifs is 1. The molecule has 3 aromatic heterocycles. The Hall–Kier alpha value is -3.81. The van der Waals surface area contributed by atoms with Crippen LogP contribution in [-0.2, 0) is 6.42 Å². The number of aryl methyl sites for hydroxylation is 2. The summed E-state index contributed by atoms with van der Waals surface area (Å²) in [6, 6.07) is 11.3. The standard InChI is InChI=1S/C23H24N6O2/c1-3-31-21-13-20(17-6-4-10-24-15(17)2)28-19-12-16(8-9-18(19)21)23(30)25-11-5-7-22-26-14-27-29-22/h4,6,8-10,12-14H,3,5,7,11H2,1-2H3,(H,25,30)(H,26,27,29). The maximum absolute atomic E-state index is 12.7. The molecule has 158 valence electrons. The first kappa shape index (κ1) is 20.5. The summed E-state index contributed by atoms with van der Waals surface area (Å²) in [5, 5.41) is 11.5. The quantitative estimate of drug-likeness (QED) is 0.426. The van der Waals surface area contributed by atoms with Crippen LogP contribution in [0.4, 0.5) is 0 Å². The van der Waals surface area contributed by atoms with E-state index in [9.17, 15) is 4.79 Å². The van der Waals surface area contributed by atoms with Gasteiger partial charge < -0.3 is 15.0 Å². The van der Waals surface area contributed by atoms with E-state index in [1.54, 1.807) is 24.7 Å². The molecule has 1 aromatic carbocycles. The van der Waals surface area contributed by atoms with Crippen molar-refractivity contribution in [1.29, 1.82) is 0 Å². The third kappa shape index (κ3) is 4.69. The molecule has 0 aliphatic carbocycles. The van der Waals surface area contributed by atoms with Crippen LogP contribution < -0.4 is 10.1 Å². The third-order valence-electron chi connectivity index (χ3n) is 4.96. The molecule has 8 nitrogen and oxygen atoms in total. The number of nitrogens with one attached hydrogen (secondary N) is 2. The predicted molar refractivity (Wildman–Crippen MR) is 118 cm³/mol. The van der Waals surface area contributed by atoms with E-state index in [4.69, 9.17) is 9.72 Å². The van der Waals surface area contributed by atoms with Crippen molar-refractivity contribution in [3.63, 3.8) is 0 Å². The fraction of sp³-hybridized carbons (Fsp3) is 0.261. The zero-order valence-electron chi connectivity index (χ0n) is 17.6. The van der Waals surface area contributed by atoms with Crippen LogP contribution in [0.1, 0.15) is 35.2 Å². The minimum absolute atomic E-state index is 0.137. The number of benzene rings is 1. The highest BCUT2D eigenvalue weighted by Gasteiger charge is 2.13. The molecule has 4 rings (SSSR count). The lowest BCUT2D eigenvalue weighted by atomic mass is 10.1. The lowest BCUT2D eigenvalue weighted by Crippen LogP contribution is -2.24. The number of ether oxygens (including phenoxy) is 1. The number of aromatic amines is 1. The van der Waals surface area contributed by atoms with E-state index in [-0.39, 0.29) is 5.91 Å². The molecule has 2 N–H and O–H groups in total. The molecular formula is C23H24N6O2. The van der Waals surface area contributed by atoms with E-state index >= 15 is 0 Å². The van der Waals surface area contributed by atoms with Gasteiger partial charge in [0.25, 0.3) is 5.91 Å². The van der Waals surface area contributed by atoms with Crippen LogP contribution in [0.3, 0.4) is 0 Å². The van der Waals surface area contributed by atoms with Gasteiger partial charge in [0.1, 0.15) is 17.9 Å². The van der Waals surface area contributed by atoms with Crippen molar-refractivity contribution in [3.8, 4) is 17.0 Å². The maximum Gasteiger partial charge on any atom is 0.251 e. The second-order valence-electron chi connectivity index (χ2n) is 7.10. The molecule has 1 amide bonds. The topological polar surface area (TPSA) is 106 Å². The number of H-pyrrole nitrogens is 1. The average Bonchev–Trinajstić information content (AvgIpc) is 3.30. The van der Waals surface area contributed by atoms with Crippen LogP contribution in [0, 0.1) is 6.92 Å². The van der Waals surface area contributed by atoms with Crippen molar-refractivity contribution in [2.24, 2.45) is 0 Å². The minimum Gasteiger partial charge on any atom is -0.493 e. The number of pyridine rings is 2. The molecule has 0 fully saturated rings. The van der Waals surface area contributed by atoms with Gasteiger partial charge >= 0.3 is 0 Å². The Labute approximate surface area is 180 Å². The number of aromatic nitrogens is 5. The van der Waals surface area contributed by atoms with Crippen molar-refractivity contribution < 1.29 is 9.53 Å². The Balaban J connectivity index is 1.57. The molecule has 8 heteroatoms. The SMILES string of the molecule is CCOc1cc(-c2cccnc2C)nc2cc(C(=O)NCCCc3nnc[nH]3)ccc12. The lowest BCUT2D eigenvalue weighted by Gasteiger charge is -2.12. The fourth-order valence-electron chi connectivity index (χ4n) is 3.42. The Morgan fingerprint density at radius 1 is 1.23 bits per heavy atom. The molecule has 0 radical (unpaired) electrons. The number of nitrogens with zero attached hydrogens (tertiary/aromatic N) is 4. The second kappa shape index (κ2) is 9.34. The molecule has 0 saturated carbocycles. The Bertz CT molecular complexity index is 1190. The van der Waals surface area contributed by atoms with Gasteiger partial charge in [0.2, 0.25) is 0 Å².